The van der Waals surface area contributed by atoms with Gasteiger partial charge in [0.25, 0.3) is 0 Å². The molecule has 0 aliphatic rings. The molecule has 0 N–H and O–H groups in total. The van der Waals surface area contributed by atoms with E-state index in [-0.39, 0.29) is 5.92 Å². The van der Waals surface area contributed by atoms with Gasteiger partial charge in [-0.1, -0.05) is 62.4 Å². The smallest absolute Gasteiger partial charge is 0.203 e. The summed E-state index contributed by atoms with van der Waals surface area (Å²) in [5.41, 5.74) is 0.931. The van der Waals surface area contributed by atoms with Crippen LogP contribution in [-0.2, 0) is 13.7 Å². The second kappa shape index (κ2) is 10.3. The lowest BCUT2D eigenvalue weighted by molar-refractivity contribution is 0.354. The van der Waals surface area contributed by atoms with Gasteiger partial charge in [-0.05, 0) is 58.2 Å². The maximum absolute atomic E-state index is 14.7. The second-order valence-electron chi connectivity index (χ2n) is 8.33. The Morgan fingerprint density at radius 2 is 0.946 bits per heavy atom. The standard InChI is InChI=1S/C27H21F5O3S2/c1-17(2)18-13-15-21(16-14-18)36(19-9-5-3-6-10-19,20-11-7-4-8-12-20)35-37(33,34)27-25(31)23(29)22(28)24(30)26(27)32/h3-17H,1-2H3. The lowest BCUT2D eigenvalue weighted by atomic mass is 10.0. The minimum absolute atomic E-state index is 0.143. The summed E-state index contributed by atoms with van der Waals surface area (Å²) in [4.78, 5) is -1.06. The van der Waals surface area contributed by atoms with Crippen LogP contribution in [0.1, 0.15) is 25.3 Å². The van der Waals surface area contributed by atoms with Gasteiger partial charge in [0.1, 0.15) is 0 Å². The van der Waals surface area contributed by atoms with Crippen molar-refractivity contribution in [3.8, 4) is 0 Å². The average Bonchev–Trinajstić information content (AvgIpc) is 2.90. The van der Waals surface area contributed by atoms with E-state index >= 15 is 0 Å². The van der Waals surface area contributed by atoms with Crippen LogP contribution in [0.15, 0.2) is 105 Å². The van der Waals surface area contributed by atoms with Gasteiger partial charge < -0.3 is 0 Å². The molecule has 3 nitrogen and oxygen atoms in total. The van der Waals surface area contributed by atoms with Crippen molar-refractivity contribution in [1.29, 1.82) is 0 Å². The number of benzene rings is 4. The summed E-state index contributed by atoms with van der Waals surface area (Å²) in [6.07, 6.45) is 0. The molecule has 0 aliphatic heterocycles. The molecule has 0 amide bonds. The number of hydrogen-bond donors (Lipinski definition) is 0. The minimum atomic E-state index is -5.57. The topological polar surface area (TPSA) is 43.4 Å². The Kier molecular flexibility index (Phi) is 7.45. The Balaban J connectivity index is 2.06. The van der Waals surface area contributed by atoms with E-state index in [1.807, 2.05) is 13.8 Å². The first-order valence-corrected chi connectivity index (χ1v) is 14.0. The number of rotatable bonds is 7. The van der Waals surface area contributed by atoms with Crippen LogP contribution in [-0.4, -0.2) is 8.42 Å². The average molecular weight is 553 g/mol. The van der Waals surface area contributed by atoms with Crippen molar-refractivity contribution in [3.05, 3.63) is 120 Å². The van der Waals surface area contributed by atoms with Crippen molar-refractivity contribution in [1.82, 2.24) is 0 Å². The molecule has 4 rings (SSSR count). The highest BCUT2D eigenvalue weighted by Gasteiger charge is 2.42. The molecule has 10 heteroatoms. The van der Waals surface area contributed by atoms with Crippen LogP contribution in [0.5, 0.6) is 0 Å². The minimum Gasteiger partial charge on any atom is -0.203 e. The molecule has 0 unspecified atom stereocenters. The van der Waals surface area contributed by atoms with Gasteiger partial charge in [-0.25, -0.2) is 25.6 Å². The first kappa shape index (κ1) is 26.8. The van der Waals surface area contributed by atoms with Gasteiger partial charge in [-0.15, -0.1) is 0 Å². The fourth-order valence-electron chi connectivity index (χ4n) is 3.77. The van der Waals surface area contributed by atoms with E-state index in [1.165, 1.54) is 0 Å². The van der Waals surface area contributed by atoms with Crippen LogP contribution in [0.3, 0.4) is 0 Å². The quantitative estimate of drug-likeness (QED) is 0.132. The van der Waals surface area contributed by atoms with Crippen LogP contribution in [0.2, 0.25) is 0 Å². The van der Waals surface area contributed by atoms with E-state index in [0.717, 1.165) is 5.56 Å². The molecule has 0 atom stereocenters. The van der Waals surface area contributed by atoms with Crippen LogP contribution in [0.4, 0.5) is 22.0 Å². The molecule has 37 heavy (non-hydrogen) atoms. The molecule has 194 valence electrons. The SMILES string of the molecule is CC(C)c1ccc(S(OS(=O)(=O)c2c(F)c(F)c(F)c(F)c2F)(c2ccccc2)c2ccccc2)cc1. The van der Waals surface area contributed by atoms with Crippen LogP contribution < -0.4 is 0 Å². The predicted octanol–water partition coefficient (Wildman–Crippen LogP) is 8.11. The molecule has 0 radical (unpaired) electrons. The number of hydrogen-bond acceptors (Lipinski definition) is 3. The van der Waals surface area contributed by atoms with Crippen molar-refractivity contribution in [2.24, 2.45) is 0 Å². The Morgan fingerprint density at radius 1 is 0.568 bits per heavy atom. The monoisotopic (exact) mass is 552 g/mol. The number of halogens is 5. The third-order valence-corrected chi connectivity index (χ3v) is 10.8. The summed E-state index contributed by atoms with van der Waals surface area (Å²) >= 11 is 0. The van der Waals surface area contributed by atoms with Crippen molar-refractivity contribution < 1.29 is 34.0 Å². The Morgan fingerprint density at radius 3 is 1.35 bits per heavy atom. The Bertz CT molecular complexity index is 1460. The molecular weight excluding hydrogens is 531 g/mol. The lowest BCUT2D eigenvalue weighted by Gasteiger charge is -2.39. The highest BCUT2D eigenvalue weighted by atomic mass is 32.3. The van der Waals surface area contributed by atoms with Gasteiger partial charge in [0, 0.05) is 14.7 Å². The van der Waals surface area contributed by atoms with E-state index in [9.17, 15) is 30.4 Å². The highest BCUT2D eigenvalue weighted by Crippen LogP contribution is 2.70. The summed E-state index contributed by atoms with van der Waals surface area (Å²) in [6.45, 7) is 3.93. The molecule has 4 aromatic rings. The van der Waals surface area contributed by atoms with Crippen molar-refractivity contribution in [3.63, 3.8) is 0 Å². The van der Waals surface area contributed by atoms with E-state index in [1.54, 1.807) is 84.9 Å². The summed E-state index contributed by atoms with van der Waals surface area (Å²) < 4.78 is 104. The van der Waals surface area contributed by atoms with Crippen molar-refractivity contribution in [2.45, 2.75) is 39.3 Å². The molecule has 4 aromatic carbocycles. The van der Waals surface area contributed by atoms with Crippen LogP contribution in [0.25, 0.3) is 0 Å². The van der Waals surface area contributed by atoms with Crippen LogP contribution >= 0.6 is 10.3 Å². The maximum atomic E-state index is 14.7. The second-order valence-corrected chi connectivity index (χ2v) is 12.7. The molecule has 0 aliphatic carbocycles. The summed E-state index contributed by atoms with van der Waals surface area (Å²) in [5, 5.41) is 0. The van der Waals surface area contributed by atoms with Crippen LogP contribution in [0, 0.1) is 29.1 Å². The van der Waals surface area contributed by atoms with Crippen molar-refractivity contribution in [2.75, 3.05) is 0 Å². The first-order valence-electron chi connectivity index (χ1n) is 11.0. The molecule has 0 saturated carbocycles. The third kappa shape index (κ3) is 4.76. The van der Waals surface area contributed by atoms with Gasteiger partial charge >= 0.3 is 10.1 Å². The molecule has 0 aromatic heterocycles. The zero-order valence-corrected chi connectivity index (χ0v) is 21.2. The largest absolute Gasteiger partial charge is 0.313 e. The van der Waals surface area contributed by atoms with Gasteiger partial charge in [0.15, 0.2) is 28.2 Å². The van der Waals surface area contributed by atoms with Gasteiger partial charge in [0.05, 0.1) is 0 Å². The predicted molar refractivity (Wildman–Crippen MR) is 130 cm³/mol. The molecule has 0 heterocycles. The Hall–Kier alpha value is -3.21. The zero-order chi connectivity index (χ0) is 27.0. The van der Waals surface area contributed by atoms with E-state index in [2.05, 4.69) is 0 Å². The maximum Gasteiger partial charge on any atom is 0.313 e. The molecule has 0 spiro atoms. The zero-order valence-electron chi connectivity index (χ0n) is 19.6. The van der Waals surface area contributed by atoms with E-state index in [0.29, 0.717) is 14.7 Å². The summed E-state index contributed by atoms with van der Waals surface area (Å²) in [6, 6.07) is 23.0. The summed E-state index contributed by atoms with van der Waals surface area (Å²) in [7, 11) is -8.88. The highest BCUT2D eigenvalue weighted by molar-refractivity contribution is 8.33. The normalized spacial score (nSPS) is 12.6. The molecule has 0 fully saturated rings. The Labute approximate surface area is 213 Å². The fourth-order valence-corrected chi connectivity index (χ4v) is 9.09. The molecular formula is C27H21F5O3S2. The molecule has 0 bridgehead atoms. The van der Waals surface area contributed by atoms with E-state index < -0.39 is 54.4 Å². The van der Waals surface area contributed by atoms with Gasteiger partial charge in [-0.3, -0.25) is 0 Å². The van der Waals surface area contributed by atoms with E-state index in [4.69, 9.17) is 3.63 Å². The first-order chi connectivity index (χ1) is 17.5. The van der Waals surface area contributed by atoms with Gasteiger partial charge in [0.2, 0.25) is 5.82 Å². The lowest BCUT2D eigenvalue weighted by Crippen LogP contribution is -2.19. The molecule has 0 saturated heterocycles. The fraction of sp³-hybridized carbons (Fsp3) is 0.111. The summed E-state index contributed by atoms with van der Waals surface area (Å²) in [5.74, 6) is -12.1. The van der Waals surface area contributed by atoms with Crippen molar-refractivity contribution >= 4 is 20.4 Å². The van der Waals surface area contributed by atoms with Gasteiger partial charge in [-0.2, -0.15) is 8.42 Å². The third-order valence-electron chi connectivity index (χ3n) is 5.64.